The van der Waals surface area contributed by atoms with E-state index in [9.17, 15) is 4.79 Å². The van der Waals surface area contributed by atoms with Crippen LogP contribution in [0.5, 0.6) is 0 Å². The third kappa shape index (κ3) is 3.24. The van der Waals surface area contributed by atoms with Gasteiger partial charge in [-0.1, -0.05) is 11.3 Å². The molecule has 0 spiro atoms. The minimum absolute atomic E-state index is 0.0186. The molecule has 6 nitrogen and oxygen atoms in total. The summed E-state index contributed by atoms with van der Waals surface area (Å²) in [6.45, 7) is 5.13. The maximum atomic E-state index is 12.9. The zero-order chi connectivity index (χ0) is 17.1. The average Bonchev–Trinajstić information content (AvgIpc) is 3.25. The van der Waals surface area contributed by atoms with Crippen LogP contribution in [0.25, 0.3) is 10.4 Å². The Morgan fingerprint density at radius 2 is 2.21 bits per heavy atom. The van der Waals surface area contributed by atoms with Crippen molar-refractivity contribution >= 4 is 22.4 Å². The maximum absolute atomic E-state index is 12.9. The molecule has 1 amide bonds. The molecule has 3 heterocycles. The summed E-state index contributed by atoms with van der Waals surface area (Å²) in [5.74, 6) is -0.0845. The number of thiazole rings is 1. The molecule has 2 aromatic heterocycles. The largest absolute Gasteiger partial charge is 0.310 e. The lowest BCUT2D eigenvalue weighted by Crippen LogP contribution is -2.41. The van der Waals surface area contributed by atoms with E-state index < -0.39 is 0 Å². The van der Waals surface area contributed by atoms with Crippen LogP contribution in [-0.4, -0.2) is 39.9 Å². The van der Waals surface area contributed by atoms with Crippen molar-refractivity contribution in [3.8, 4) is 16.6 Å². The van der Waals surface area contributed by atoms with E-state index in [2.05, 4.69) is 16.2 Å². The van der Waals surface area contributed by atoms with Gasteiger partial charge in [-0.25, -0.2) is 4.98 Å². The van der Waals surface area contributed by atoms with E-state index in [1.807, 2.05) is 26.0 Å². The summed E-state index contributed by atoms with van der Waals surface area (Å²) in [7, 11) is 0. The lowest BCUT2D eigenvalue weighted by Gasteiger charge is -2.26. The third-order valence-corrected chi connectivity index (χ3v) is 5.14. The van der Waals surface area contributed by atoms with Crippen LogP contribution in [0.15, 0.2) is 30.7 Å². The number of amides is 1. The highest BCUT2D eigenvalue weighted by atomic mass is 32.1. The number of carbonyl (C=O) groups is 1. The Labute approximate surface area is 145 Å². The molecule has 0 saturated carbocycles. The number of anilines is 1. The number of hydrogen-bond donors (Lipinski definition) is 0. The molecule has 2 aromatic rings. The van der Waals surface area contributed by atoms with Crippen molar-refractivity contribution in [1.29, 1.82) is 5.26 Å². The SMILES string of the molecule is CC(C)N(C(=O)C1CCN(C#N)C1)c1ncc(-c2ccncc2)s1. The van der Waals surface area contributed by atoms with Gasteiger partial charge in [-0.05, 0) is 38.0 Å². The van der Waals surface area contributed by atoms with Crippen molar-refractivity contribution in [1.82, 2.24) is 14.9 Å². The van der Waals surface area contributed by atoms with Gasteiger partial charge >= 0.3 is 0 Å². The molecule has 24 heavy (non-hydrogen) atoms. The number of aromatic nitrogens is 2. The van der Waals surface area contributed by atoms with E-state index in [1.54, 1.807) is 28.4 Å². The van der Waals surface area contributed by atoms with Gasteiger partial charge in [0.05, 0.1) is 10.8 Å². The number of nitrogens with zero attached hydrogens (tertiary/aromatic N) is 5. The fraction of sp³-hybridized carbons (Fsp3) is 0.412. The molecule has 124 valence electrons. The molecule has 0 aliphatic carbocycles. The number of carbonyl (C=O) groups excluding carboxylic acids is 1. The first-order valence-electron chi connectivity index (χ1n) is 7.94. The van der Waals surface area contributed by atoms with Crippen molar-refractivity contribution in [2.24, 2.45) is 5.92 Å². The van der Waals surface area contributed by atoms with Crippen LogP contribution in [0, 0.1) is 17.4 Å². The Morgan fingerprint density at radius 1 is 1.46 bits per heavy atom. The minimum Gasteiger partial charge on any atom is -0.310 e. The van der Waals surface area contributed by atoms with E-state index in [1.165, 1.54) is 11.3 Å². The summed E-state index contributed by atoms with van der Waals surface area (Å²) in [6, 6.07) is 3.88. The Balaban J connectivity index is 1.83. The summed E-state index contributed by atoms with van der Waals surface area (Å²) in [4.78, 5) is 25.9. The van der Waals surface area contributed by atoms with Crippen molar-refractivity contribution in [3.05, 3.63) is 30.7 Å². The van der Waals surface area contributed by atoms with Crippen molar-refractivity contribution < 1.29 is 4.79 Å². The highest BCUT2D eigenvalue weighted by Crippen LogP contribution is 2.33. The monoisotopic (exact) mass is 341 g/mol. The lowest BCUT2D eigenvalue weighted by molar-refractivity contribution is -0.122. The third-order valence-electron chi connectivity index (χ3n) is 4.10. The number of hydrogen-bond acceptors (Lipinski definition) is 6. The summed E-state index contributed by atoms with van der Waals surface area (Å²) in [5, 5.41) is 9.70. The van der Waals surface area contributed by atoms with E-state index >= 15 is 0 Å². The van der Waals surface area contributed by atoms with Crippen LogP contribution in [0.2, 0.25) is 0 Å². The Morgan fingerprint density at radius 3 is 2.83 bits per heavy atom. The quantitative estimate of drug-likeness (QED) is 0.800. The van der Waals surface area contributed by atoms with Crippen molar-refractivity contribution in [3.63, 3.8) is 0 Å². The second-order valence-electron chi connectivity index (χ2n) is 6.08. The summed E-state index contributed by atoms with van der Waals surface area (Å²) >= 11 is 1.50. The Kier molecular flexibility index (Phi) is 4.76. The lowest BCUT2D eigenvalue weighted by atomic mass is 10.1. The van der Waals surface area contributed by atoms with Gasteiger partial charge in [0.2, 0.25) is 5.91 Å². The topological polar surface area (TPSA) is 73.1 Å². The number of nitriles is 1. The van der Waals surface area contributed by atoms with Gasteiger partial charge in [0.25, 0.3) is 0 Å². The first-order valence-corrected chi connectivity index (χ1v) is 8.75. The Hall–Kier alpha value is -2.46. The van der Waals surface area contributed by atoms with E-state index in [4.69, 9.17) is 5.26 Å². The van der Waals surface area contributed by atoms with E-state index in [0.717, 1.165) is 16.9 Å². The van der Waals surface area contributed by atoms with Gasteiger partial charge in [-0.3, -0.25) is 14.7 Å². The predicted octanol–water partition coefficient (Wildman–Crippen LogP) is 2.75. The molecular formula is C17H19N5OS. The summed E-state index contributed by atoms with van der Waals surface area (Å²) in [5.41, 5.74) is 1.04. The van der Waals surface area contributed by atoms with Crippen LogP contribution < -0.4 is 4.90 Å². The van der Waals surface area contributed by atoms with Crippen LogP contribution >= 0.6 is 11.3 Å². The van der Waals surface area contributed by atoms with Gasteiger partial charge in [0, 0.05) is 37.7 Å². The second kappa shape index (κ2) is 6.97. The van der Waals surface area contributed by atoms with Gasteiger partial charge in [-0.2, -0.15) is 5.26 Å². The molecular weight excluding hydrogens is 322 g/mol. The van der Waals surface area contributed by atoms with Crippen molar-refractivity contribution in [2.45, 2.75) is 26.3 Å². The zero-order valence-corrected chi connectivity index (χ0v) is 14.5. The zero-order valence-electron chi connectivity index (χ0n) is 13.7. The van der Waals surface area contributed by atoms with Gasteiger partial charge in [-0.15, -0.1) is 0 Å². The van der Waals surface area contributed by atoms with Crippen LogP contribution in [0.4, 0.5) is 5.13 Å². The fourth-order valence-corrected chi connectivity index (χ4v) is 3.91. The van der Waals surface area contributed by atoms with Gasteiger partial charge in [0.15, 0.2) is 11.3 Å². The maximum Gasteiger partial charge on any atom is 0.234 e. The molecule has 1 fully saturated rings. The highest BCUT2D eigenvalue weighted by Gasteiger charge is 2.34. The molecule has 7 heteroatoms. The molecule has 0 bridgehead atoms. The normalized spacial score (nSPS) is 17.1. The van der Waals surface area contributed by atoms with E-state index in [0.29, 0.717) is 18.2 Å². The van der Waals surface area contributed by atoms with Crippen LogP contribution in [0.3, 0.4) is 0 Å². The second-order valence-corrected chi connectivity index (χ2v) is 7.09. The number of pyridine rings is 1. The fourth-order valence-electron chi connectivity index (χ4n) is 2.84. The van der Waals surface area contributed by atoms with Gasteiger partial charge < -0.3 is 4.90 Å². The molecule has 1 unspecified atom stereocenters. The first kappa shape index (κ1) is 16.4. The standard InChI is InChI=1S/C17H19N5OS/c1-12(2)22(16(23)14-5-8-21(10-14)11-18)17-20-9-15(24-17)13-3-6-19-7-4-13/h3-4,6-7,9,12,14H,5,8,10H2,1-2H3. The molecule has 1 saturated heterocycles. The smallest absolute Gasteiger partial charge is 0.234 e. The summed E-state index contributed by atoms with van der Waals surface area (Å²) in [6.07, 6.45) is 8.14. The average molecular weight is 341 g/mol. The molecule has 0 radical (unpaired) electrons. The first-order chi connectivity index (χ1) is 11.6. The summed E-state index contributed by atoms with van der Waals surface area (Å²) < 4.78 is 0. The number of likely N-dealkylation sites (tertiary alicyclic amines) is 1. The van der Waals surface area contributed by atoms with Crippen molar-refractivity contribution in [2.75, 3.05) is 18.0 Å². The Bertz CT molecular complexity index is 752. The molecule has 3 rings (SSSR count). The predicted molar refractivity (Wildman–Crippen MR) is 93.3 cm³/mol. The highest BCUT2D eigenvalue weighted by molar-refractivity contribution is 7.19. The molecule has 1 atom stereocenters. The number of rotatable bonds is 4. The van der Waals surface area contributed by atoms with E-state index in [-0.39, 0.29) is 17.9 Å². The van der Waals surface area contributed by atoms with Crippen LogP contribution in [0.1, 0.15) is 20.3 Å². The van der Waals surface area contributed by atoms with Crippen LogP contribution in [-0.2, 0) is 4.79 Å². The van der Waals surface area contributed by atoms with Gasteiger partial charge in [0.1, 0.15) is 0 Å². The molecule has 1 aliphatic heterocycles. The molecule has 0 N–H and O–H groups in total. The molecule has 1 aliphatic rings. The minimum atomic E-state index is -0.139. The molecule has 0 aromatic carbocycles.